The van der Waals surface area contributed by atoms with E-state index in [0.717, 1.165) is 4.47 Å². The van der Waals surface area contributed by atoms with E-state index >= 15 is 0 Å². The van der Waals surface area contributed by atoms with Gasteiger partial charge in [0, 0.05) is 4.47 Å². The largest absolute Gasteiger partial charge is 0.335 e. The maximum atomic E-state index is 11.9. The molecule has 0 atom stereocenters. The van der Waals surface area contributed by atoms with Crippen LogP contribution in [0.3, 0.4) is 0 Å². The lowest BCUT2D eigenvalue weighted by atomic mass is 10.4. The van der Waals surface area contributed by atoms with Crippen LogP contribution < -0.4 is 4.72 Å². The minimum absolute atomic E-state index is 0.122. The summed E-state index contributed by atoms with van der Waals surface area (Å²) in [5.74, 6) is 0.360. The van der Waals surface area contributed by atoms with Crippen LogP contribution in [0.5, 0.6) is 0 Å². The molecule has 0 spiro atoms. The molecule has 0 unspecified atom stereocenters. The van der Waals surface area contributed by atoms with Crippen LogP contribution in [0, 0.1) is 6.92 Å². The molecule has 0 bridgehead atoms. The number of halogens is 1. The lowest BCUT2D eigenvalue weighted by Gasteiger charge is -2.03. The first kappa shape index (κ1) is 12.1. The molecule has 1 heterocycles. The average molecular weight is 318 g/mol. The van der Waals surface area contributed by atoms with Gasteiger partial charge in [0.2, 0.25) is 0 Å². The summed E-state index contributed by atoms with van der Waals surface area (Å²) in [6, 6.07) is 6.05. The molecule has 17 heavy (non-hydrogen) atoms. The van der Waals surface area contributed by atoms with Gasteiger partial charge in [-0.1, -0.05) is 21.1 Å². The van der Waals surface area contributed by atoms with Crippen molar-refractivity contribution in [1.29, 1.82) is 0 Å². The van der Waals surface area contributed by atoms with Gasteiger partial charge in [0.05, 0.1) is 4.90 Å². The predicted molar refractivity (Wildman–Crippen MR) is 64.0 cm³/mol. The van der Waals surface area contributed by atoms with Crippen LogP contribution in [0.25, 0.3) is 0 Å². The molecule has 0 saturated carbocycles. The molecule has 6 nitrogen and oxygen atoms in total. The van der Waals surface area contributed by atoms with Crippen LogP contribution in [0.2, 0.25) is 0 Å². The van der Waals surface area contributed by atoms with E-state index in [4.69, 9.17) is 0 Å². The van der Waals surface area contributed by atoms with Gasteiger partial charge in [-0.3, -0.25) is 0 Å². The number of benzene rings is 1. The van der Waals surface area contributed by atoms with Crippen molar-refractivity contribution in [3.63, 3.8) is 0 Å². The highest BCUT2D eigenvalue weighted by Gasteiger charge is 2.17. The highest BCUT2D eigenvalue weighted by atomic mass is 79.9. The number of rotatable bonds is 3. The third-order valence-electron chi connectivity index (χ3n) is 1.87. The Kier molecular flexibility index (Phi) is 3.16. The second-order valence-corrected chi connectivity index (χ2v) is 5.80. The summed E-state index contributed by atoms with van der Waals surface area (Å²) in [4.78, 5) is 3.88. The Labute approximate surface area is 106 Å². The Balaban J connectivity index is 2.28. The van der Waals surface area contributed by atoms with E-state index in [1.165, 1.54) is 12.1 Å². The maximum Gasteiger partial charge on any atom is 0.335 e. The minimum Gasteiger partial charge on any atom is -0.314 e. The van der Waals surface area contributed by atoms with Crippen LogP contribution in [0.1, 0.15) is 5.82 Å². The van der Waals surface area contributed by atoms with E-state index in [1.807, 2.05) is 0 Å². The minimum atomic E-state index is -3.68. The van der Waals surface area contributed by atoms with Gasteiger partial charge in [-0.25, -0.2) is 13.1 Å². The Morgan fingerprint density at radius 2 is 1.94 bits per heavy atom. The summed E-state index contributed by atoms with van der Waals surface area (Å²) in [6.07, 6.45) is 0. The molecule has 1 aromatic carbocycles. The van der Waals surface area contributed by atoms with Crippen LogP contribution in [-0.4, -0.2) is 18.6 Å². The molecule has 0 aliphatic heterocycles. The quantitative estimate of drug-likeness (QED) is 0.935. The maximum absolute atomic E-state index is 11.9. The first-order valence-electron chi connectivity index (χ1n) is 4.56. The number of sulfonamides is 1. The van der Waals surface area contributed by atoms with E-state index in [2.05, 4.69) is 35.3 Å². The third kappa shape index (κ3) is 2.83. The molecule has 0 aliphatic rings. The summed E-state index contributed by atoms with van der Waals surface area (Å²) >= 11 is 3.23. The average Bonchev–Trinajstić information content (AvgIpc) is 2.63. The van der Waals surface area contributed by atoms with E-state index < -0.39 is 10.0 Å². The Morgan fingerprint density at radius 1 is 1.29 bits per heavy atom. The number of aromatic nitrogens is 2. The Hall–Kier alpha value is -1.41. The molecule has 0 fully saturated rings. The first-order chi connectivity index (χ1) is 7.97. The molecular weight excluding hydrogens is 310 g/mol. The van der Waals surface area contributed by atoms with Crippen molar-refractivity contribution in [2.75, 3.05) is 4.72 Å². The molecular formula is C9H8BrN3O3S. The molecule has 0 amide bonds. The van der Waals surface area contributed by atoms with Gasteiger partial charge in [0.1, 0.15) is 0 Å². The number of aryl methyl sites for hydroxylation is 1. The second kappa shape index (κ2) is 4.46. The standard InChI is InChI=1S/C9H8BrN3O3S/c1-6-11-9(16-12-6)13-17(14,15)8-4-2-7(10)3-5-8/h2-5H,1H3,(H,11,12,13). The van der Waals surface area contributed by atoms with Gasteiger partial charge in [0.15, 0.2) is 5.82 Å². The fourth-order valence-corrected chi connectivity index (χ4v) is 2.32. The lowest BCUT2D eigenvalue weighted by Crippen LogP contribution is -2.13. The topological polar surface area (TPSA) is 85.1 Å². The first-order valence-corrected chi connectivity index (χ1v) is 6.84. The molecule has 0 aliphatic carbocycles. The Morgan fingerprint density at radius 3 is 2.47 bits per heavy atom. The van der Waals surface area contributed by atoms with Crippen LogP contribution >= 0.6 is 15.9 Å². The van der Waals surface area contributed by atoms with E-state index in [9.17, 15) is 8.42 Å². The zero-order chi connectivity index (χ0) is 12.5. The molecule has 2 aromatic rings. The monoisotopic (exact) mass is 317 g/mol. The summed E-state index contributed by atoms with van der Waals surface area (Å²) in [6.45, 7) is 1.60. The normalized spacial score (nSPS) is 11.4. The Bertz CT molecular complexity index is 621. The highest BCUT2D eigenvalue weighted by Crippen LogP contribution is 2.17. The van der Waals surface area contributed by atoms with Crippen LogP contribution in [0.4, 0.5) is 6.01 Å². The zero-order valence-corrected chi connectivity index (χ0v) is 11.1. The molecule has 1 aromatic heterocycles. The van der Waals surface area contributed by atoms with E-state index in [0.29, 0.717) is 5.82 Å². The fraction of sp³-hybridized carbons (Fsp3) is 0.111. The van der Waals surface area contributed by atoms with Crippen molar-refractivity contribution in [2.45, 2.75) is 11.8 Å². The van der Waals surface area contributed by atoms with Crippen molar-refractivity contribution in [2.24, 2.45) is 0 Å². The summed E-state index contributed by atoms with van der Waals surface area (Å²) in [5.41, 5.74) is 0. The van der Waals surface area contributed by atoms with Gasteiger partial charge in [-0.2, -0.15) is 4.98 Å². The van der Waals surface area contributed by atoms with Crippen molar-refractivity contribution >= 4 is 32.0 Å². The van der Waals surface area contributed by atoms with Crippen molar-refractivity contribution in [1.82, 2.24) is 10.1 Å². The summed E-state index contributed by atoms with van der Waals surface area (Å²) < 4.78 is 31.4. The fourth-order valence-electron chi connectivity index (χ4n) is 1.13. The summed E-state index contributed by atoms with van der Waals surface area (Å²) in [7, 11) is -3.68. The van der Waals surface area contributed by atoms with Crippen molar-refractivity contribution in [3.8, 4) is 0 Å². The van der Waals surface area contributed by atoms with Gasteiger partial charge in [-0.05, 0) is 31.2 Å². The van der Waals surface area contributed by atoms with Crippen LogP contribution in [0.15, 0.2) is 38.2 Å². The molecule has 0 saturated heterocycles. The smallest absolute Gasteiger partial charge is 0.314 e. The number of nitrogens with zero attached hydrogens (tertiary/aromatic N) is 2. The van der Waals surface area contributed by atoms with Gasteiger partial charge < -0.3 is 4.52 Å². The number of anilines is 1. The zero-order valence-electron chi connectivity index (χ0n) is 8.71. The van der Waals surface area contributed by atoms with Crippen molar-refractivity contribution in [3.05, 3.63) is 34.6 Å². The summed E-state index contributed by atoms with van der Waals surface area (Å²) in [5, 5.41) is 3.49. The number of hydrogen-bond donors (Lipinski definition) is 1. The molecule has 8 heteroatoms. The molecule has 1 N–H and O–H groups in total. The number of nitrogens with one attached hydrogen (secondary N) is 1. The molecule has 0 radical (unpaired) electrons. The van der Waals surface area contributed by atoms with Crippen LogP contribution in [-0.2, 0) is 10.0 Å². The van der Waals surface area contributed by atoms with E-state index in [1.54, 1.807) is 19.1 Å². The number of hydrogen-bond acceptors (Lipinski definition) is 5. The second-order valence-electron chi connectivity index (χ2n) is 3.21. The molecule has 2 rings (SSSR count). The van der Waals surface area contributed by atoms with Gasteiger partial charge in [0.25, 0.3) is 10.0 Å². The lowest BCUT2D eigenvalue weighted by molar-refractivity contribution is 0.429. The van der Waals surface area contributed by atoms with Crippen molar-refractivity contribution < 1.29 is 12.9 Å². The predicted octanol–water partition coefficient (Wildman–Crippen LogP) is 1.94. The van der Waals surface area contributed by atoms with E-state index in [-0.39, 0.29) is 10.9 Å². The third-order valence-corrected chi connectivity index (χ3v) is 3.74. The SMILES string of the molecule is Cc1noc(NS(=O)(=O)c2ccc(Br)cc2)n1. The van der Waals surface area contributed by atoms with Gasteiger partial charge >= 0.3 is 6.01 Å². The van der Waals surface area contributed by atoms with Gasteiger partial charge in [-0.15, -0.1) is 0 Å². The highest BCUT2D eigenvalue weighted by molar-refractivity contribution is 9.10. The molecule has 90 valence electrons.